The molecule has 0 heterocycles. The smallest absolute Gasteiger partial charge is 0.123 e. The topological polar surface area (TPSA) is 12.0 Å². The van der Waals surface area contributed by atoms with Crippen LogP contribution in [0.15, 0.2) is 30.3 Å². The van der Waals surface area contributed by atoms with Crippen molar-refractivity contribution in [1.82, 2.24) is 5.32 Å². The Kier molecular flexibility index (Phi) is 5.21. The zero-order valence-electron chi connectivity index (χ0n) is 8.76. The first-order chi connectivity index (χ1) is 7.33. The van der Waals surface area contributed by atoms with E-state index in [-0.39, 0.29) is 5.82 Å². The largest absolute Gasteiger partial charge is 0.303 e. The molecule has 1 aromatic rings. The summed E-state index contributed by atoms with van der Waals surface area (Å²) in [5, 5.41) is 3.13. The van der Waals surface area contributed by atoms with Crippen LogP contribution in [0.1, 0.15) is 12.5 Å². The van der Waals surface area contributed by atoms with E-state index in [2.05, 4.69) is 17.2 Å². The van der Waals surface area contributed by atoms with Crippen LogP contribution in [0.2, 0.25) is 0 Å². The molecule has 0 saturated carbocycles. The third-order valence-corrected chi connectivity index (χ3v) is 1.83. The van der Waals surface area contributed by atoms with E-state index in [0.717, 1.165) is 12.1 Å². The lowest BCUT2D eigenvalue weighted by Crippen LogP contribution is -2.12. The summed E-state index contributed by atoms with van der Waals surface area (Å²) < 4.78 is 12.6. The van der Waals surface area contributed by atoms with Gasteiger partial charge in [-0.1, -0.05) is 30.2 Å². The molecule has 0 unspecified atom stereocenters. The molecule has 78 valence electrons. The van der Waals surface area contributed by atoms with Crippen LogP contribution >= 0.6 is 0 Å². The zero-order valence-corrected chi connectivity index (χ0v) is 8.76. The normalized spacial score (nSPS) is 10.0. The second-order valence-electron chi connectivity index (χ2n) is 3.01. The molecule has 1 N–H and O–H groups in total. The highest BCUT2D eigenvalue weighted by atomic mass is 19.1. The number of benzene rings is 1. The van der Waals surface area contributed by atoms with Gasteiger partial charge >= 0.3 is 0 Å². The average molecular weight is 203 g/mol. The molecule has 1 rings (SSSR count). The van der Waals surface area contributed by atoms with Crippen LogP contribution in [0.4, 0.5) is 4.39 Å². The van der Waals surface area contributed by atoms with Crippen LogP contribution in [0.5, 0.6) is 0 Å². The lowest BCUT2D eigenvalue weighted by atomic mass is 10.2. The molecule has 0 radical (unpaired) electrons. The predicted octanol–water partition coefficient (Wildman–Crippen LogP) is 2.45. The summed E-state index contributed by atoms with van der Waals surface area (Å²) in [7, 11) is 0. The maximum atomic E-state index is 12.6. The summed E-state index contributed by atoms with van der Waals surface area (Å²) in [5.41, 5.74) is 1.000. The van der Waals surface area contributed by atoms with Gasteiger partial charge in [-0.25, -0.2) is 4.39 Å². The van der Waals surface area contributed by atoms with E-state index in [1.54, 1.807) is 12.1 Å². The van der Waals surface area contributed by atoms with Crippen LogP contribution in [0.25, 0.3) is 6.08 Å². The zero-order chi connectivity index (χ0) is 10.9. The molecule has 0 aliphatic rings. The fourth-order valence-electron chi connectivity index (χ4n) is 1.08. The van der Waals surface area contributed by atoms with E-state index >= 15 is 0 Å². The number of rotatable bonds is 4. The fourth-order valence-corrected chi connectivity index (χ4v) is 1.08. The second kappa shape index (κ2) is 6.80. The van der Waals surface area contributed by atoms with E-state index in [4.69, 9.17) is 0 Å². The maximum absolute atomic E-state index is 12.6. The molecular weight excluding hydrogens is 189 g/mol. The van der Waals surface area contributed by atoms with E-state index in [0.29, 0.717) is 6.54 Å². The van der Waals surface area contributed by atoms with Gasteiger partial charge < -0.3 is 5.32 Å². The Morgan fingerprint density at radius 2 is 2.07 bits per heavy atom. The van der Waals surface area contributed by atoms with Crippen molar-refractivity contribution in [1.29, 1.82) is 0 Å². The molecule has 0 aromatic heterocycles. The number of hydrogen-bond acceptors (Lipinski definition) is 1. The van der Waals surface area contributed by atoms with Gasteiger partial charge in [-0.3, -0.25) is 0 Å². The van der Waals surface area contributed by atoms with Crippen molar-refractivity contribution >= 4 is 6.08 Å². The first-order valence-corrected chi connectivity index (χ1v) is 4.85. The van der Waals surface area contributed by atoms with Crippen molar-refractivity contribution in [3.8, 4) is 11.8 Å². The third kappa shape index (κ3) is 4.99. The van der Waals surface area contributed by atoms with Gasteiger partial charge in [0.1, 0.15) is 5.82 Å². The Hall–Kier alpha value is -1.59. The minimum atomic E-state index is -0.205. The minimum absolute atomic E-state index is 0.205. The van der Waals surface area contributed by atoms with Gasteiger partial charge in [-0.2, -0.15) is 0 Å². The summed E-state index contributed by atoms with van der Waals surface area (Å²) in [6.07, 6.45) is 3.94. The summed E-state index contributed by atoms with van der Waals surface area (Å²) in [5.74, 6) is 5.51. The molecule has 0 bridgehead atoms. The first kappa shape index (κ1) is 11.5. The molecule has 15 heavy (non-hydrogen) atoms. The van der Waals surface area contributed by atoms with Crippen molar-refractivity contribution in [2.24, 2.45) is 0 Å². The van der Waals surface area contributed by atoms with Crippen molar-refractivity contribution in [2.75, 3.05) is 13.1 Å². The standard InChI is InChI=1S/C13H14FN/c1-2-3-10-15-11-4-5-12-6-8-13(14)9-7-12/h4-9,15H,10-11H2,1H3/b5-4+. The van der Waals surface area contributed by atoms with Crippen LogP contribution in [0.3, 0.4) is 0 Å². The van der Waals surface area contributed by atoms with Crippen LogP contribution in [-0.4, -0.2) is 13.1 Å². The summed E-state index contributed by atoms with van der Waals surface area (Å²) in [6, 6.07) is 6.40. The van der Waals surface area contributed by atoms with Crippen LogP contribution in [-0.2, 0) is 0 Å². The molecule has 1 nitrogen and oxygen atoms in total. The predicted molar refractivity (Wildman–Crippen MR) is 61.8 cm³/mol. The lowest BCUT2D eigenvalue weighted by molar-refractivity contribution is 0.628. The Bertz CT molecular complexity index is 368. The molecule has 0 amide bonds. The Labute approximate surface area is 90.0 Å². The van der Waals surface area contributed by atoms with Gasteiger partial charge in [-0.05, 0) is 24.6 Å². The Morgan fingerprint density at radius 1 is 1.33 bits per heavy atom. The highest BCUT2D eigenvalue weighted by Crippen LogP contribution is 2.03. The number of hydrogen-bond donors (Lipinski definition) is 1. The van der Waals surface area contributed by atoms with E-state index in [1.165, 1.54) is 12.1 Å². The average Bonchev–Trinajstić information content (AvgIpc) is 2.26. The second-order valence-corrected chi connectivity index (χ2v) is 3.01. The van der Waals surface area contributed by atoms with Gasteiger partial charge in [-0.15, -0.1) is 5.92 Å². The highest BCUT2D eigenvalue weighted by Gasteiger charge is 1.87. The van der Waals surface area contributed by atoms with Crippen molar-refractivity contribution in [3.63, 3.8) is 0 Å². The summed E-state index contributed by atoms with van der Waals surface area (Å²) in [6.45, 7) is 3.28. The Balaban J connectivity index is 2.30. The molecule has 1 aromatic carbocycles. The molecule has 0 spiro atoms. The maximum Gasteiger partial charge on any atom is 0.123 e. The SMILES string of the molecule is CC#CCNC/C=C/c1ccc(F)cc1. The minimum Gasteiger partial charge on any atom is -0.303 e. The molecular formula is C13H14FN. The molecule has 0 saturated heterocycles. The van der Waals surface area contributed by atoms with Crippen molar-refractivity contribution in [2.45, 2.75) is 6.92 Å². The van der Waals surface area contributed by atoms with Crippen molar-refractivity contribution in [3.05, 3.63) is 41.7 Å². The molecule has 2 heteroatoms. The molecule has 0 aliphatic carbocycles. The van der Waals surface area contributed by atoms with Gasteiger partial charge in [0, 0.05) is 6.54 Å². The van der Waals surface area contributed by atoms with Crippen LogP contribution in [0, 0.1) is 17.7 Å². The van der Waals surface area contributed by atoms with E-state index in [9.17, 15) is 4.39 Å². The highest BCUT2D eigenvalue weighted by molar-refractivity contribution is 5.48. The number of halogens is 1. The first-order valence-electron chi connectivity index (χ1n) is 4.85. The van der Waals surface area contributed by atoms with Gasteiger partial charge in [0.15, 0.2) is 0 Å². The van der Waals surface area contributed by atoms with Crippen LogP contribution < -0.4 is 5.32 Å². The molecule has 0 atom stereocenters. The van der Waals surface area contributed by atoms with Gasteiger partial charge in [0.2, 0.25) is 0 Å². The van der Waals surface area contributed by atoms with Crippen molar-refractivity contribution < 1.29 is 4.39 Å². The molecule has 0 fully saturated rings. The van der Waals surface area contributed by atoms with E-state index in [1.807, 2.05) is 19.1 Å². The summed E-state index contributed by atoms with van der Waals surface area (Å²) in [4.78, 5) is 0. The quantitative estimate of drug-likeness (QED) is 0.585. The monoisotopic (exact) mass is 203 g/mol. The van der Waals surface area contributed by atoms with Gasteiger partial charge in [0.25, 0.3) is 0 Å². The summed E-state index contributed by atoms with van der Waals surface area (Å²) >= 11 is 0. The fraction of sp³-hybridized carbons (Fsp3) is 0.231. The van der Waals surface area contributed by atoms with E-state index < -0.39 is 0 Å². The Morgan fingerprint density at radius 3 is 2.73 bits per heavy atom. The number of nitrogens with one attached hydrogen (secondary N) is 1. The lowest BCUT2D eigenvalue weighted by Gasteiger charge is -1.94. The molecule has 0 aliphatic heterocycles. The third-order valence-electron chi connectivity index (χ3n) is 1.83. The van der Waals surface area contributed by atoms with Gasteiger partial charge in [0.05, 0.1) is 6.54 Å².